The van der Waals surface area contributed by atoms with Gasteiger partial charge < -0.3 is 14.4 Å². The number of benzene rings is 1. The third-order valence-electron chi connectivity index (χ3n) is 3.51. The van der Waals surface area contributed by atoms with Crippen molar-refractivity contribution in [2.75, 3.05) is 38.4 Å². The third kappa shape index (κ3) is 3.31. The van der Waals surface area contributed by atoms with Crippen molar-refractivity contribution in [3.05, 3.63) is 28.8 Å². The molecule has 0 aliphatic carbocycles. The number of anilines is 1. The van der Waals surface area contributed by atoms with Crippen LogP contribution in [0, 0.1) is 13.8 Å². The van der Waals surface area contributed by atoms with E-state index < -0.39 is 11.7 Å². The summed E-state index contributed by atoms with van der Waals surface area (Å²) in [5.74, 6) is -0.874. The summed E-state index contributed by atoms with van der Waals surface area (Å²) in [6.45, 7) is 5.87. The van der Waals surface area contributed by atoms with E-state index in [1.807, 2.05) is 26.0 Å². The van der Waals surface area contributed by atoms with Crippen LogP contribution in [0.5, 0.6) is 0 Å². The molecule has 1 aromatic carbocycles. The number of Topliss-reactive ketones (excluding diaryl/α,β-unsaturated/α-hetero) is 1. The topological polar surface area (TPSA) is 55.8 Å². The molecule has 0 saturated carbocycles. The van der Waals surface area contributed by atoms with E-state index in [1.54, 1.807) is 7.11 Å². The molecule has 0 N–H and O–H groups in total. The van der Waals surface area contributed by atoms with Crippen LogP contribution >= 0.6 is 0 Å². The molecule has 1 aliphatic rings. The number of fused-ring (bicyclic) bond motifs is 1. The minimum absolute atomic E-state index is 0.396. The predicted octanol–water partition coefficient (Wildman–Crippen LogP) is 1.89. The summed E-state index contributed by atoms with van der Waals surface area (Å²) in [5.41, 5.74) is 3.14. The zero-order chi connectivity index (χ0) is 15.4. The van der Waals surface area contributed by atoms with Crippen LogP contribution in [-0.4, -0.2) is 45.2 Å². The quantitative estimate of drug-likeness (QED) is 0.568. The first-order valence-corrected chi connectivity index (χ1v) is 7.10. The summed E-state index contributed by atoms with van der Waals surface area (Å²) >= 11 is 0. The zero-order valence-corrected chi connectivity index (χ0v) is 12.8. The molecule has 0 saturated heterocycles. The third-order valence-corrected chi connectivity index (χ3v) is 3.51. The number of hydrogen-bond acceptors (Lipinski definition) is 4. The lowest BCUT2D eigenvalue weighted by molar-refractivity contribution is -0.114. The number of carbonyl (C=O) groups is 2. The fourth-order valence-corrected chi connectivity index (χ4v) is 2.58. The molecule has 5 heteroatoms. The minimum Gasteiger partial charge on any atom is -0.385 e. The molecule has 0 radical (unpaired) electrons. The molecule has 2 rings (SSSR count). The molecule has 0 fully saturated rings. The van der Waals surface area contributed by atoms with Gasteiger partial charge in [-0.15, -0.1) is 0 Å². The predicted molar refractivity (Wildman–Crippen MR) is 79.9 cm³/mol. The van der Waals surface area contributed by atoms with E-state index in [-0.39, 0.29) is 0 Å². The molecule has 5 nitrogen and oxygen atoms in total. The summed E-state index contributed by atoms with van der Waals surface area (Å²) in [4.78, 5) is 25.7. The number of aryl methyl sites for hydroxylation is 2. The van der Waals surface area contributed by atoms with E-state index in [0.29, 0.717) is 37.6 Å². The standard InChI is InChI=1S/C16H21NO4/c1-11-9-12(2)14-13(10-11)17(16(19)15(14)18)5-8-21-7-4-6-20-3/h9-10H,4-8H2,1-3H3. The maximum Gasteiger partial charge on any atom is 0.299 e. The molecule has 0 atom stereocenters. The van der Waals surface area contributed by atoms with Crippen LogP contribution in [0.4, 0.5) is 5.69 Å². The van der Waals surface area contributed by atoms with Crippen LogP contribution in [0.15, 0.2) is 12.1 Å². The van der Waals surface area contributed by atoms with Crippen LogP contribution < -0.4 is 4.90 Å². The molecule has 1 amide bonds. The first-order valence-electron chi connectivity index (χ1n) is 7.10. The Morgan fingerprint density at radius 2 is 1.86 bits per heavy atom. The highest BCUT2D eigenvalue weighted by Gasteiger charge is 2.36. The monoisotopic (exact) mass is 291 g/mol. The molecule has 0 bridgehead atoms. The van der Waals surface area contributed by atoms with Crippen molar-refractivity contribution in [3.8, 4) is 0 Å². The highest BCUT2D eigenvalue weighted by atomic mass is 16.5. The summed E-state index contributed by atoms with van der Waals surface area (Å²) in [6, 6.07) is 3.81. The van der Waals surface area contributed by atoms with Gasteiger partial charge in [0.05, 0.1) is 17.9 Å². The smallest absolute Gasteiger partial charge is 0.299 e. The van der Waals surface area contributed by atoms with E-state index in [1.165, 1.54) is 4.90 Å². The van der Waals surface area contributed by atoms with Gasteiger partial charge in [-0.05, 0) is 37.5 Å². The lowest BCUT2D eigenvalue weighted by atomic mass is 10.0. The molecule has 0 spiro atoms. The molecule has 0 unspecified atom stereocenters. The summed E-state index contributed by atoms with van der Waals surface area (Å²) in [5, 5.41) is 0. The van der Waals surface area contributed by atoms with Crippen molar-refractivity contribution in [3.63, 3.8) is 0 Å². The molecular formula is C16H21NO4. The van der Waals surface area contributed by atoms with Gasteiger partial charge in [0, 0.05) is 26.9 Å². The van der Waals surface area contributed by atoms with E-state index in [2.05, 4.69) is 0 Å². The molecule has 1 heterocycles. The Balaban J connectivity index is 2.02. The maximum absolute atomic E-state index is 12.1. The SMILES string of the molecule is COCCCOCCN1C(=O)C(=O)c2c(C)cc(C)cc21. The molecular weight excluding hydrogens is 270 g/mol. The first kappa shape index (κ1) is 15.7. The number of hydrogen-bond donors (Lipinski definition) is 0. The molecule has 1 aliphatic heterocycles. The van der Waals surface area contributed by atoms with Gasteiger partial charge in [-0.1, -0.05) is 6.07 Å². The number of nitrogens with zero attached hydrogens (tertiary/aromatic N) is 1. The van der Waals surface area contributed by atoms with Crippen molar-refractivity contribution in [1.82, 2.24) is 0 Å². The Morgan fingerprint density at radius 3 is 2.57 bits per heavy atom. The van der Waals surface area contributed by atoms with Gasteiger partial charge in [0.25, 0.3) is 11.7 Å². The maximum atomic E-state index is 12.1. The molecule has 114 valence electrons. The van der Waals surface area contributed by atoms with Gasteiger partial charge in [0.1, 0.15) is 0 Å². The Hall–Kier alpha value is -1.72. The van der Waals surface area contributed by atoms with Crippen LogP contribution in [0.2, 0.25) is 0 Å². The second kappa shape index (κ2) is 6.83. The van der Waals surface area contributed by atoms with Gasteiger partial charge in [-0.25, -0.2) is 0 Å². The number of amides is 1. The average molecular weight is 291 g/mol. The van der Waals surface area contributed by atoms with E-state index in [4.69, 9.17) is 9.47 Å². The second-order valence-electron chi connectivity index (χ2n) is 5.22. The van der Waals surface area contributed by atoms with Gasteiger partial charge in [-0.3, -0.25) is 9.59 Å². The molecule has 21 heavy (non-hydrogen) atoms. The minimum atomic E-state index is -0.459. The van der Waals surface area contributed by atoms with Crippen LogP contribution in [0.25, 0.3) is 0 Å². The summed E-state index contributed by atoms with van der Waals surface area (Å²) < 4.78 is 10.4. The molecule has 1 aromatic rings. The van der Waals surface area contributed by atoms with Crippen molar-refractivity contribution in [2.24, 2.45) is 0 Å². The zero-order valence-electron chi connectivity index (χ0n) is 12.8. The van der Waals surface area contributed by atoms with Crippen LogP contribution in [0.3, 0.4) is 0 Å². The van der Waals surface area contributed by atoms with E-state index >= 15 is 0 Å². The number of ether oxygens (including phenoxy) is 2. The fraction of sp³-hybridized carbons (Fsp3) is 0.500. The van der Waals surface area contributed by atoms with Gasteiger partial charge >= 0.3 is 0 Å². The lowest BCUT2D eigenvalue weighted by Crippen LogP contribution is -2.33. The Bertz CT molecular complexity index is 553. The lowest BCUT2D eigenvalue weighted by Gasteiger charge is -2.17. The largest absolute Gasteiger partial charge is 0.385 e. The Labute approximate surface area is 124 Å². The van der Waals surface area contributed by atoms with Gasteiger partial charge in [0.15, 0.2) is 0 Å². The number of methoxy groups -OCH3 is 1. The summed E-state index contributed by atoms with van der Waals surface area (Å²) in [7, 11) is 1.65. The first-order chi connectivity index (χ1) is 10.1. The highest BCUT2D eigenvalue weighted by Crippen LogP contribution is 2.32. The Morgan fingerprint density at radius 1 is 1.10 bits per heavy atom. The summed E-state index contributed by atoms with van der Waals surface area (Å²) in [6.07, 6.45) is 0.818. The van der Waals surface area contributed by atoms with Crippen molar-refractivity contribution in [2.45, 2.75) is 20.3 Å². The molecule has 0 aromatic heterocycles. The number of rotatable bonds is 7. The second-order valence-corrected chi connectivity index (χ2v) is 5.22. The number of ketones is 1. The van der Waals surface area contributed by atoms with Crippen LogP contribution in [0.1, 0.15) is 27.9 Å². The van der Waals surface area contributed by atoms with Gasteiger partial charge in [-0.2, -0.15) is 0 Å². The van der Waals surface area contributed by atoms with Crippen molar-refractivity contribution >= 4 is 17.4 Å². The van der Waals surface area contributed by atoms with Crippen molar-refractivity contribution < 1.29 is 19.1 Å². The van der Waals surface area contributed by atoms with Crippen LogP contribution in [-0.2, 0) is 14.3 Å². The number of carbonyl (C=O) groups excluding carboxylic acids is 2. The van der Waals surface area contributed by atoms with E-state index in [0.717, 1.165) is 17.5 Å². The average Bonchev–Trinajstić information content (AvgIpc) is 2.67. The fourth-order valence-electron chi connectivity index (χ4n) is 2.58. The Kier molecular flexibility index (Phi) is 5.09. The highest BCUT2D eigenvalue weighted by molar-refractivity contribution is 6.52. The van der Waals surface area contributed by atoms with Crippen molar-refractivity contribution in [1.29, 1.82) is 0 Å². The normalized spacial score (nSPS) is 14.0. The van der Waals surface area contributed by atoms with Gasteiger partial charge in [0.2, 0.25) is 0 Å². The van der Waals surface area contributed by atoms with E-state index in [9.17, 15) is 9.59 Å².